The fourth-order valence-electron chi connectivity index (χ4n) is 4.12. The molecular weight excluding hydrogens is 228 g/mol. The number of thiophene rings is 1. The molecule has 0 amide bonds. The number of aryl methyl sites for hydroxylation is 1. The van der Waals surface area contributed by atoms with E-state index in [-0.39, 0.29) is 10.8 Å². The lowest BCUT2D eigenvalue weighted by molar-refractivity contribution is -0.0913. The Morgan fingerprint density at radius 3 is 2.00 bits per heavy atom. The van der Waals surface area contributed by atoms with Gasteiger partial charge in [0, 0.05) is 4.88 Å². The van der Waals surface area contributed by atoms with Crippen LogP contribution in [0, 0.1) is 17.8 Å². The topological polar surface area (TPSA) is 20.2 Å². The van der Waals surface area contributed by atoms with Crippen molar-refractivity contribution in [3.63, 3.8) is 0 Å². The second-order valence-corrected chi connectivity index (χ2v) is 8.40. The molecule has 0 bridgehead atoms. The van der Waals surface area contributed by atoms with Gasteiger partial charge in [-0.1, -0.05) is 27.7 Å². The summed E-state index contributed by atoms with van der Waals surface area (Å²) in [4.78, 5) is 1.26. The van der Waals surface area contributed by atoms with Gasteiger partial charge in [0.15, 0.2) is 0 Å². The highest BCUT2D eigenvalue weighted by Gasteiger charge is 2.47. The van der Waals surface area contributed by atoms with Gasteiger partial charge in [-0.3, -0.25) is 0 Å². The van der Waals surface area contributed by atoms with E-state index in [0.717, 1.165) is 18.4 Å². The molecule has 0 spiro atoms. The summed E-state index contributed by atoms with van der Waals surface area (Å²) in [7, 11) is 0. The van der Waals surface area contributed by atoms with Gasteiger partial charge in [0.2, 0.25) is 0 Å². The molecule has 1 aliphatic carbocycles. The Labute approximate surface area is 109 Å². The summed E-state index contributed by atoms with van der Waals surface area (Å²) in [6.07, 6.45) is 2.94. The first kappa shape index (κ1) is 13.1. The van der Waals surface area contributed by atoms with Crippen LogP contribution in [0.15, 0.2) is 11.4 Å². The Hall–Kier alpha value is -0.340. The largest absolute Gasteiger partial charge is 0.385 e. The molecule has 1 aromatic rings. The molecule has 0 aromatic carbocycles. The van der Waals surface area contributed by atoms with Gasteiger partial charge < -0.3 is 5.11 Å². The standard InChI is InChI=1S/C15H24OS/c1-11-12(6-7-17-11)15(16)9-13(2,3)8-14(4,5)10-15/h6-7,16H,8-10H2,1-5H3. The Bertz CT molecular complexity index is 398. The quantitative estimate of drug-likeness (QED) is 0.781. The highest BCUT2D eigenvalue weighted by Crippen LogP contribution is 2.54. The van der Waals surface area contributed by atoms with Crippen LogP contribution in [0.2, 0.25) is 0 Å². The maximum atomic E-state index is 11.1. The first-order chi connectivity index (χ1) is 7.64. The zero-order chi connectivity index (χ0) is 12.9. The van der Waals surface area contributed by atoms with Crippen molar-refractivity contribution in [3.05, 3.63) is 21.9 Å². The van der Waals surface area contributed by atoms with Gasteiger partial charge in [-0.25, -0.2) is 0 Å². The molecule has 0 radical (unpaired) electrons. The van der Waals surface area contributed by atoms with Gasteiger partial charge >= 0.3 is 0 Å². The molecule has 17 heavy (non-hydrogen) atoms. The first-order valence-electron chi connectivity index (χ1n) is 6.41. The second kappa shape index (κ2) is 3.83. The van der Waals surface area contributed by atoms with Crippen molar-refractivity contribution in [3.8, 4) is 0 Å². The van der Waals surface area contributed by atoms with E-state index < -0.39 is 5.60 Å². The molecular formula is C15H24OS. The molecule has 2 heteroatoms. The SMILES string of the molecule is Cc1sccc1C1(O)CC(C)(C)CC(C)(C)C1. The molecule has 1 aromatic heterocycles. The van der Waals surface area contributed by atoms with Crippen molar-refractivity contribution in [2.24, 2.45) is 10.8 Å². The molecule has 96 valence electrons. The molecule has 1 heterocycles. The van der Waals surface area contributed by atoms with Crippen LogP contribution in [0.1, 0.15) is 57.4 Å². The minimum atomic E-state index is -0.630. The number of hydrogen-bond donors (Lipinski definition) is 1. The molecule has 0 saturated heterocycles. The Balaban J connectivity index is 2.41. The second-order valence-electron chi connectivity index (χ2n) is 7.28. The predicted molar refractivity (Wildman–Crippen MR) is 74.4 cm³/mol. The van der Waals surface area contributed by atoms with Crippen LogP contribution in [0.4, 0.5) is 0 Å². The average molecular weight is 252 g/mol. The molecule has 1 fully saturated rings. The lowest BCUT2D eigenvalue weighted by atomic mass is 9.58. The highest BCUT2D eigenvalue weighted by molar-refractivity contribution is 7.10. The van der Waals surface area contributed by atoms with E-state index in [1.807, 2.05) is 0 Å². The third-order valence-corrected chi connectivity index (χ3v) is 4.70. The minimum Gasteiger partial charge on any atom is -0.385 e. The maximum Gasteiger partial charge on any atom is 0.0917 e. The molecule has 0 atom stereocenters. The highest BCUT2D eigenvalue weighted by atomic mass is 32.1. The van der Waals surface area contributed by atoms with Gasteiger partial charge in [-0.2, -0.15) is 0 Å². The van der Waals surface area contributed by atoms with Crippen molar-refractivity contribution in [1.29, 1.82) is 0 Å². The Morgan fingerprint density at radius 2 is 1.59 bits per heavy atom. The summed E-state index contributed by atoms with van der Waals surface area (Å²) in [5.74, 6) is 0. The van der Waals surface area contributed by atoms with Crippen LogP contribution in [-0.2, 0) is 5.60 Å². The third-order valence-electron chi connectivity index (χ3n) is 3.86. The van der Waals surface area contributed by atoms with Crippen LogP contribution in [0.5, 0.6) is 0 Å². The normalized spacial score (nSPS) is 25.8. The van der Waals surface area contributed by atoms with E-state index in [1.54, 1.807) is 11.3 Å². The predicted octanol–water partition coefficient (Wildman–Crippen LogP) is 4.48. The van der Waals surface area contributed by atoms with Crippen molar-refractivity contribution in [1.82, 2.24) is 0 Å². The van der Waals surface area contributed by atoms with Crippen LogP contribution in [-0.4, -0.2) is 5.11 Å². The van der Waals surface area contributed by atoms with Crippen molar-refractivity contribution in [2.75, 3.05) is 0 Å². The lowest BCUT2D eigenvalue weighted by Gasteiger charge is -2.49. The van der Waals surface area contributed by atoms with E-state index >= 15 is 0 Å². The van der Waals surface area contributed by atoms with E-state index in [9.17, 15) is 5.11 Å². The summed E-state index contributed by atoms with van der Waals surface area (Å²) < 4.78 is 0. The number of hydrogen-bond acceptors (Lipinski definition) is 2. The summed E-state index contributed by atoms with van der Waals surface area (Å²) in [6, 6.07) is 2.11. The van der Waals surface area contributed by atoms with Crippen LogP contribution >= 0.6 is 11.3 Å². The van der Waals surface area contributed by atoms with Gasteiger partial charge in [-0.15, -0.1) is 11.3 Å². The van der Waals surface area contributed by atoms with Crippen LogP contribution < -0.4 is 0 Å². The molecule has 2 rings (SSSR count). The molecule has 1 aliphatic rings. The van der Waals surface area contributed by atoms with E-state index in [0.29, 0.717) is 0 Å². The third kappa shape index (κ3) is 2.58. The fourth-order valence-corrected chi connectivity index (χ4v) is 4.92. The molecule has 1 N–H and O–H groups in total. The maximum absolute atomic E-state index is 11.1. The van der Waals surface area contributed by atoms with Gasteiger partial charge in [0.1, 0.15) is 0 Å². The van der Waals surface area contributed by atoms with Crippen molar-refractivity contribution in [2.45, 2.75) is 59.5 Å². The van der Waals surface area contributed by atoms with Gasteiger partial charge in [0.25, 0.3) is 0 Å². The molecule has 1 saturated carbocycles. The van der Waals surface area contributed by atoms with E-state index in [2.05, 4.69) is 46.1 Å². The van der Waals surface area contributed by atoms with Crippen LogP contribution in [0.25, 0.3) is 0 Å². The molecule has 0 aliphatic heterocycles. The smallest absolute Gasteiger partial charge is 0.0917 e. The number of aliphatic hydroxyl groups is 1. The fraction of sp³-hybridized carbons (Fsp3) is 0.733. The Kier molecular flexibility index (Phi) is 2.95. The zero-order valence-electron chi connectivity index (χ0n) is 11.6. The molecule has 1 nitrogen and oxygen atoms in total. The van der Waals surface area contributed by atoms with Crippen LogP contribution in [0.3, 0.4) is 0 Å². The van der Waals surface area contributed by atoms with Gasteiger partial charge in [-0.05, 0) is 54.0 Å². The van der Waals surface area contributed by atoms with Crippen molar-refractivity contribution >= 4 is 11.3 Å². The summed E-state index contributed by atoms with van der Waals surface area (Å²) in [5, 5.41) is 13.2. The average Bonchev–Trinajstić information content (AvgIpc) is 2.44. The minimum absolute atomic E-state index is 0.213. The summed E-state index contributed by atoms with van der Waals surface area (Å²) in [5.41, 5.74) is 0.953. The van der Waals surface area contributed by atoms with Gasteiger partial charge in [0.05, 0.1) is 5.60 Å². The zero-order valence-corrected chi connectivity index (χ0v) is 12.4. The summed E-state index contributed by atoms with van der Waals surface area (Å²) >= 11 is 1.74. The molecule has 0 unspecified atom stereocenters. The van der Waals surface area contributed by atoms with E-state index in [4.69, 9.17) is 0 Å². The first-order valence-corrected chi connectivity index (χ1v) is 7.29. The van der Waals surface area contributed by atoms with Crippen molar-refractivity contribution < 1.29 is 5.11 Å². The number of rotatable bonds is 1. The lowest BCUT2D eigenvalue weighted by Crippen LogP contribution is -2.44. The Morgan fingerprint density at radius 1 is 1.06 bits per heavy atom. The van der Waals surface area contributed by atoms with E-state index in [1.165, 1.54) is 11.3 Å². The summed E-state index contributed by atoms with van der Waals surface area (Å²) in [6.45, 7) is 11.2. The monoisotopic (exact) mass is 252 g/mol.